The van der Waals surface area contributed by atoms with Gasteiger partial charge in [-0.15, -0.1) is 0 Å². The normalized spacial score (nSPS) is 18.9. The maximum Gasteiger partial charge on any atom is 0.227 e. The molecule has 1 aromatic heterocycles. The lowest BCUT2D eigenvalue weighted by atomic mass is 10.0. The standard InChI is InChI=1S/C19H24N4O3/c1-24-16-4-2-15(3-5-16)14-21-17-6-9-20-18(22-17)23-10-7-19(8-11-23)25-12-13-26-19/h2-6,9H,7-8,10-14H2,1H3,(H,20,21,22). The van der Waals surface area contributed by atoms with E-state index in [1.54, 1.807) is 13.3 Å². The van der Waals surface area contributed by atoms with Crippen molar-refractivity contribution in [1.82, 2.24) is 9.97 Å². The summed E-state index contributed by atoms with van der Waals surface area (Å²) in [5.41, 5.74) is 1.17. The summed E-state index contributed by atoms with van der Waals surface area (Å²) in [7, 11) is 1.67. The molecule has 0 aliphatic carbocycles. The van der Waals surface area contributed by atoms with Crippen LogP contribution in [-0.4, -0.2) is 49.2 Å². The molecule has 1 aromatic carbocycles. The fourth-order valence-corrected chi connectivity index (χ4v) is 3.37. The first-order chi connectivity index (χ1) is 12.8. The summed E-state index contributed by atoms with van der Waals surface area (Å²) >= 11 is 0. The summed E-state index contributed by atoms with van der Waals surface area (Å²) in [5.74, 6) is 2.05. The summed E-state index contributed by atoms with van der Waals surface area (Å²) in [6.07, 6.45) is 3.49. The number of rotatable bonds is 5. The van der Waals surface area contributed by atoms with Crippen molar-refractivity contribution in [2.75, 3.05) is 43.6 Å². The Bertz CT molecular complexity index is 722. The van der Waals surface area contributed by atoms with Gasteiger partial charge in [0.2, 0.25) is 5.95 Å². The maximum atomic E-state index is 5.78. The Morgan fingerprint density at radius 2 is 1.85 bits per heavy atom. The molecule has 26 heavy (non-hydrogen) atoms. The van der Waals surface area contributed by atoms with Crippen LogP contribution < -0.4 is 15.0 Å². The third-order valence-electron chi connectivity index (χ3n) is 4.90. The number of piperidine rings is 1. The van der Waals surface area contributed by atoms with E-state index in [2.05, 4.69) is 20.2 Å². The molecule has 2 aromatic rings. The summed E-state index contributed by atoms with van der Waals surface area (Å²) < 4.78 is 16.8. The summed E-state index contributed by atoms with van der Waals surface area (Å²) in [6.45, 7) is 3.76. The van der Waals surface area contributed by atoms with Crippen molar-refractivity contribution in [1.29, 1.82) is 0 Å². The van der Waals surface area contributed by atoms with Crippen LogP contribution >= 0.6 is 0 Å². The molecule has 4 rings (SSSR count). The molecule has 3 heterocycles. The highest BCUT2D eigenvalue weighted by Crippen LogP contribution is 2.32. The van der Waals surface area contributed by atoms with Gasteiger partial charge in [0.05, 0.1) is 20.3 Å². The van der Waals surface area contributed by atoms with Gasteiger partial charge in [0.15, 0.2) is 5.79 Å². The Hall–Kier alpha value is -2.38. The van der Waals surface area contributed by atoms with Gasteiger partial charge in [-0.2, -0.15) is 4.98 Å². The largest absolute Gasteiger partial charge is 0.497 e. The molecule has 0 saturated carbocycles. The fourth-order valence-electron chi connectivity index (χ4n) is 3.37. The lowest BCUT2D eigenvalue weighted by Gasteiger charge is -2.37. The zero-order valence-electron chi connectivity index (χ0n) is 15.0. The SMILES string of the molecule is COc1ccc(CNc2ccnc(N3CCC4(CC3)OCCO4)n2)cc1. The second-order valence-corrected chi connectivity index (χ2v) is 6.54. The van der Waals surface area contributed by atoms with Gasteiger partial charge in [0.25, 0.3) is 0 Å². The topological polar surface area (TPSA) is 68.7 Å². The minimum absolute atomic E-state index is 0.374. The number of ether oxygens (including phenoxy) is 3. The fraction of sp³-hybridized carbons (Fsp3) is 0.474. The van der Waals surface area contributed by atoms with Crippen molar-refractivity contribution in [2.24, 2.45) is 0 Å². The van der Waals surface area contributed by atoms with Gasteiger partial charge >= 0.3 is 0 Å². The Labute approximate surface area is 153 Å². The number of methoxy groups -OCH3 is 1. The Morgan fingerprint density at radius 1 is 1.12 bits per heavy atom. The van der Waals surface area contributed by atoms with Crippen LogP contribution in [0.5, 0.6) is 5.75 Å². The van der Waals surface area contributed by atoms with Gasteiger partial charge in [-0.25, -0.2) is 4.98 Å². The van der Waals surface area contributed by atoms with Crippen LogP contribution in [0.25, 0.3) is 0 Å². The predicted octanol–water partition coefficient (Wildman–Crippen LogP) is 2.44. The van der Waals surface area contributed by atoms with Crippen molar-refractivity contribution in [2.45, 2.75) is 25.2 Å². The number of aromatic nitrogens is 2. The van der Waals surface area contributed by atoms with Crippen molar-refractivity contribution in [3.05, 3.63) is 42.1 Å². The molecule has 7 nitrogen and oxygen atoms in total. The number of benzene rings is 1. The molecule has 2 fully saturated rings. The number of anilines is 2. The molecule has 7 heteroatoms. The highest BCUT2D eigenvalue weighted by atomic mass is 16.7. The molecule has 1 spiro atoms. The molecule has 138 valence electrons. The Kier molecular flexibility index (Phi) is 4.90. The molecule has 0 amide bonds. The first kappa shape index (κ1) is 17.1. The van der Waals surface area contributed by atoms with Gasteiger partial charge < -0.3 is 24.4 Å². The van der Waals surface area contributed by atoms with Crippen molar-refractivity contribution < 1.29 is 14.2 Å². The molecule has 2 saturated heterocycles. The minimum Gasteiger partial charge on any atom is -0.497 e. The zero-order chi connectivity index (χ0) is 17.8. The number of hydrogen-bond acceptors (Lipinski definition) is 7. The third kappa shape index (κ3) is 3.73. The third-order valence-corrected chi connectivity index (χ3v) is 4.90. The average molecular weight is 356 g/mol. The van der Waals surface area contributed by atoms with Crippen molar-refractivity contribution in [3.63, 3.8) is 0 Å². The van der Waals surface area contributed by atoms with Crippen LogP contribution in [0.3, 0.4) is 0 Å². The quantitative estimate of drug-likeness (QED) is 0.882. The molecule has 2 aliphatic heterocycles. The number of hydrogen-bond donors (Lipinski definition) is 1. The molecule has 0 unspecified atom stereocenters. The molecule has 0 atom stereocenters. The predicted molar refractivity (Wildman–Crippen MR) is 98.4 cm³/mol. The van der Waals surface area contributed by atoms with Gasteiger partial charge in [-0.1, -0.05) is 12.1 Å². The van der Waals surface area contributed by atoms with Gasteiger partial charge in [0, 0.05) is 38.7 Å². The van der Waals surface area contributed by atoms with E-state index in [4.69, 9.17) is 14.2 Å². The van der Waals surface area contributed by atoms with E-state index in [0.29, 0.717) is 19.8 Å². The highest BCUT2D eigenvalue weighted by Gasteiger charge is 2.40. The van der Waals surface area contributed by atoms with E-state index in [1.165, 1.54) is 5.56 Å². The summed E-state index contributed by atoms with van der Waals surface area (Å²) in [5, 5.41) is 3.36. The van der Waals surface area contributed by atoms with Crippen LogP contribution in [0.15, 0.2) is 36.5 Å². The second kappa shape index (κ2) is 7.47. The van der Waals surface area contributed by atoms with E-state index < -0.39 is 0 Å². The lowest BCUT2D eigenvalue weighted by molar-refractivity contribution is -0.169. The van der Waals surface area contributed by atoms with Gasteiger partial charge in [0.1, 0.15) is 11.6 Å². The average Bonchev–Trinajstić information content (AvgIpc) is 3.15. The van der Waals surface area contributed by atoms with Crippen LogP contribution in [0.4, 0.5) is 11.8 Å². The van der Waals surface area contributed by atoms with Crippen LogP contribution in [0, 0.1) is 0 Å². The van der Waals surface area contributed by atoms with E-state index in [1.807, 2.05) is 30.3 Å². The van der Waals surface area contributed by atoms with E-state index >= 15 is 0 Å². The zero-order valence-corrected chi connectivity index (χ0v) is 15.0. The molecule has 0 radical (unpaired) electrons. The number of nitrogens with one attached hydrogen (secondary N) is 1. The van der Waals surface area contributed by atoms with Crippen molar-refractivity contribution >= 4 is 11.8 Å². The summed E-state index contributed by atoms with van der Waals surface area (Å²) in [6, 6.07) is 9.89. The summed E-state index contributed by atoms with van der Waals surface area (Å²) in [4.78, 5) is 11.3. The smallest absolute Gasteiger partial charge is 0.227 e. The van der Waals surface area contributed by atoms with E-state index in [-0.39, 0.29) is 5.79 Å². The molecule has 1 N–H and O–H groups in total. The lowest BCUT2D eigenvalue weighted by Crippen LogP contribution is -2.45. The molecular formula is C19H24N4O3. The van der Waals surface area contributed by atoms with Crippen molar-refractivity contribution in [3.8, 4) is 5.75 Å². The van der Waals surface area contributed by atoms with E-state index in [0.717, 1.165) is 43.4 Å². The second-order valence-electron chi connectivity index (χ2n) is 6.54. The Balaban J connectivity index is 1.35. The first-order valence-electron chi connectivity index (χ1n) is 8.99. The van der Waals surface area contributed by atoms with Crippen LogP contribution in [-0.2, 0) is 16.0 Å². The maximum absolute atomic E-state index is 5.78. The molecular weight excluding hydrogens is 332 g/mol. The minimum atomic E-state index is -0.374. The first-order valence-corrected chi connectivity index (χ1v) is 8.99. The molecule has 0 bridgehead atoms. The Morgan fingerprint density at radius 3 is 2.54 bits per heavy atom. The van der Waals surface area contributed by atoms with Gasteiger partial charge in [-0.05, 0) is 23.8 Å². The van der Waals surface area contributed by atoms with E-state index in [9.17, 15) is 0 Å². The molecule has 2 aliphatic rings. The highest BCUT2D eigenvalue weighted by molar-refractivity contribution is 5.42. The van der Waals surface area contributed by atoms with Crippen LogP contribution in [0.2, 0.25) is 0 Å². The van der Waals surface area contributed by atoms with Gasteiger partial charge in [-0.3, -0.25) is 0 Å². The monoisotopic (exact) mass is 356 g/mol. The number of nitrogens with zero attached hydrogens (tertiary/aromatic N) is 3. The van der Waals surface area contributed by atoms with Crippen LogP contribution in [0.1, 0.15) is 18.4 Å².